The zero-order valence-electron chi connectivity index (χ0n) is 7.61. The highest BCUT2D eigenvalue weighted by molar-refractivity contribution is 5.77. The topological polar surface area (TPSA) is 87.3 Å². The molecular weight excluding hydrogens is 182 g/mol. The minimum atomic E-state index is 0.0531. The number of nitrogens with one attached hydrogen (secondary N) is 2. The molecule has 2 aromatic heterocycles. The molecule has 6 heteroatoms. The first-order valence-corrected chi connectivity index (χ1v) is 4.16. The van der Waals surface area contributed by atoms with Crippen molar-refractivity contribution < 1.29 is 4.79 Å². The van der Waals surface area contributed by atoms with Crippen LogP contribution in [-0.2, 0) is 11.2 Å². The Kier molecular flexibility index (Phi) is 2.10. The minimum absolute atomic E-state index is 0.0531. The molecule has 2 N–H and O–H groups in total. The lowest BCUT2D eigenvalue weighted by Crippen LogP contribution is -1.98. The summed E-state index contributed by atoms with van der Waals surface area (Å²) in [6.07, 6.45) is 1.90. The molecule has 2 heterocycles. The summed E-state index contributed by atoms with van der Waals surface area (Å²) in [6.45, 7) is 1.51. The lowest BCUT2D eigenvalue weighted by molar-refractivity contribution is -0.116. The molecule has 0 saturated carbocycles. The summed E-state index contributed by atoms with van der Waals surface area (Å²) in [6, 6.07) is 1.76. The second-order valence-electron chi connectivity index (χ2n) is 2.95. The largest absolute Gasteiger partial charge is 0.300 e. The number of ketones is 1. The van der Waals surface area contributed by atoms with Crippen molar-refractivity contribution in [1.82, 2.24) is 25.4 Å². The quantitative estimate of drug-likeness (QED) is 0.731. The van der Waals surface area contributed by atoms with Gasteiger partial charge in [-0.15, -0.1) is 0 Å². The van der Waals surface area contributed by atoms with Crippen LogP contribution in [0.4, 0.5) is 0 Å². The summed E-state index contributed by atoms with van der Waals surface area (Å²) in [4.78, 5) is 14.9. The summed E-state index contributed by atoms with van der Waals surface area (Å²) in [5.41, 5.74) is 0.732. The van der Waals surface area contributed by atoms with Crippen molar-refractivity contribution >= 4 is 5.78 Å². The Morgan fingerprint density at radius 3 is 3.00 bits per heavy atom. The number of aromatic nitrogens is 5. The second-order valence-corrected chi connectivity index (χ2v) is 2.95. The van der Waals surface area contributed by atoms with Crippen molar-refractivity contribution in [2.75, 3.05) is 0 Å². The molecule has 0 unspecified atom stereocenters. The van der Waals surface area contributed by atoms with Gasteiger partial charge in [0.1, 0.15) is 17.3 Å². The molecule has 0 radical (unpaired) electrons. The van der Waals surface area contributed by atoms with Crippen LogP contribution >= 0.6 is 0 Å². The normalized spacial score (nSPS) is 10.4. The smallest absolute Gasteiger partial charge is 0.199 e. The van der Waals surface area contributed by atoms with E-state index >= 15 is 0 Å². The molecule has 0 aromatic carbocycles. The zero-order valence-corrected chi connectivity index (χ0v) is 7.61. The number of carbonyl (C=O) groups excluding carboxylic acids is 1. The average molecular weight is 191 g/mol. The van der Waals surface area contributed by atoms with Crippen LogP contribution in [0, 0.1) is 0 Å². The number of carbonyl (C=O) groups is 1. The van der Waals surface area contributed by atoms with Gasteiger partial charge in [0.25, 0.3) is 0 Å². The lowest BCUT2D eigenvalue weighted by atomic mass is 10.3. The first-order valence-electron chi connectivity index (χ1n) is 4.16. The van der Waals surface area contributed by atoms with E-state index in [-0.39, 0.29) is 12.2 Å². The molecule has 0 atom stereocenters. The van der Waals surface area contributed by atoms with Crippen LogP contribution in [0.15, 0.2) is 12.3 Å². The number of aromatic amines is 2. The van der Waals surface area contributed by atoms with Crippen LogP contribution in [0.2, 0.25) is 0 Å². The molecule has 6 nitrogen and oxygen atoms in total. The SMILES string of the molecule is CC(=O)Cc1nc(-c2ccn[nH]2)n[nH]1. The van der Waals surface area contributed by atoms with Crippen LogP contribution in [-0.4, -0.2) is 31.2 Å². The molecule has 2 rings (SSSR count). The number of rotatable bonds is 3. The van der Waals surface area contributed by atoms with Crippen molar-refractivity contribution in [3.63, 3.8) is 0 Å². The molecule has 2 aromatic rings. The highest BCUT2D eigenvalue weighted by Crippen LogP contribution is 2.09. The molecule has 0 amide bonds. The molecule has 0 aliphatic carbocycles. The number of hydrogen-bond acceptors (Lipinski definition) is 4. The van der Waals surface area contributed by atoms with Crippen molar-refractivity contribution in [3.8, 4) is 11.5 Å². The maximum atomic E-state index is 10.8. The average Bonchev–Trinajstić information content (AvgIpc) is 2.69. The van der Waals surface area contributed by atoms with Gasteiger partial charge in [0.05, 0.1) is 6.42 Å². The standard InChI is InChI=1S/C8H9N5O/c1-5(14)4-7-10-8(13-12-7)6-2-3-9-11-6/h2-3H,4H2,1H3,(H,9,11)(H,10,12,13). The monoisotopic (exact) mass is 191 g/mol. The number of H-pyrrole nitrogens is 2. The lowest BCUT2D eigenvalue weighted by Gasteiger charge is -1.87. The molecule has 72 valence electrons. The Morgan fingerprint density at radius 1 is 1.50 bits per heavy atom. The molecule has 0 aliphatic heterocycles. The van der Waals surface area contributed by atoms with E-state index in [4.69, 9.17) is 0 Å². The zero-order chi connectivity index (χ0) is 9.97. The van der Waals surface area contributed by atoms with E-state index in [9.17, 15) is 4.79 Å². The van der Waals surface area contributed by atoms with E-state index in [1.54, 1.807) is 12.3 Å². The van der Waals surface area contributed by atoms with E-state index in [0.29, 0.717) is 11.6 Å². The van der Waals surface area contributed by atoms with E-state index in [1.165, 1.54) is 6.92 Å². The minimum Gasteiger partial charge on any atom is -0.300 e. The summed E-state index contributed by atoms with van der Waals surface area (Å²) in [7, 11) is 0. The fourth-order valence-corrected chi connectivity index (χ4v) is 1.11. The molecule has 0 spiro atoms. The van der Waals surface area contributed by atoms with Gasteiger partial charge in [-0.1, -0.05) is 0 Å². The molecule has 0 aliphatic rings. The molecule has 0 bridgehead atoms. The van der Waals surface area contributed by atoms with Crippen LogP contribution in [0.3, 0.4) is 0 Å². The van der Waals surface area contributed by atoms with Gasteiger partial charge >= 0.3 is 0 Å². The van der Waals surface area contributed by atoms with Crippen LogP contribution < -0.4 is 0 Å². The van der Waals surface area contributed by atoms with E-state index in [1.807, 2.05) is 0 Å². The van der Waals surface area contributed by atoms with Gasteiger partial charge in [-0.3, -0.25) is 15.0 Å². The summed E-state index contributed by atoms with van der Waals surface area (Å²) in [5.74, 6) is 1.15. The van der Waals surface area contributed by atoms with Crippen LogP contribution in [0.25, 0.3) is 11.5 Å². The third-order valence-corrected chi connectivity index (χ3v) is 1.69. The third kappa shape index (κ3) is 1.68. The predicted octanol–water partition coefficient (Wildman–Crippen LogP) is 0.326. The van der Waals surface area contributed by atoms with E-state index in [2.05, 4.69) is 25.4 Å². The fraction of sp³-hybridized carbons (Fsp3) is 0.250. The Hall–Kier alpha value is -1.98. The third-order valence-electron chi connectivity index (χ3n) is 1.69. The first-order chi connectivity index (χ1) is 6.75. The van der Waals surface area contributed by atoms with E-state index in [0.717, 1.165) is 5.69 Å². The van der Waals surface area contributed by atoms with Crippen molar-refractivity contribution in [1.29, 1.82) is 0 Å². The van der Waals surface area contributed by atoms with Gasteiger partial charge in [-0.2, -0.15) is 10.2 Å². The summed E-state index contributed by atoms with van der Waals surface area (Å²) < 4.78 is 0. The maximum Gasteiger partial charge on any atom is 0.199 e. The highest BCUT2D eigenvalue weighted by atomic mass is 16.1. The molecule has 14 heavy (non-hydrogen) atoms. The second kappa shape index (κ2) is 3.41. The fourth-order valence-electron chi connectivity index (χ4n) is 1.11. The van der Waals surface area contributed by atoms with Crippen molar-refractivity contribution in [2.24, 2.45) is 0 Å². The van der Waals surface area contributed by atoms with Gasteiger partial charge in [0, 0.05) is 6.20 Å². The van der Waals surface area contributed by atoms with Crippen molar-refractivity contribution in [2.45, 2.75) is 13.3 Å². The predicted molar refractivity (Wildman–Crippen MR) is 48.3 cm³/mol. The van der Waals surface area contributed by atoms with Gasteiger partial charge in [0.15, 0.2) is 5.82 Å². The van der Waals surface area contributed by atoms with Gasteiger partial charge < -0.3 is 0 Å². The summed E-state index contributed by atoms with van der Waals surface area (Å²) in [5, 5.41) is 13.2. The summed E-state index contributed by atoms with van der Waals surface area (Å²) >= 11 is 0. The maximum absolute atomic E-state index is 10.8. The Balaban J connectivity index is 2.22. The Bertz CT molecular complexity index is 430. The molecular formula is C8H9N5O. The first kappa shape index (κ1) is 8.61. The molecule has 0 fully saturated rings. The van der Waals surface area contributed by atoms with Gasteiger partial charge in [-0.05, 0) is 13.0 Å². The van der Waals surface area contributed by atoms with Crippen LogP contribution in [0.5, 0.6) is 0 Å². The van der Waals surface area contributed by atoms with Gasteiger partial charge in [0.2, 0.25) is 0 Å². The molecule has 0 saturated heterocycles. The number of Topliss-reactive ketones (excluding diaryl/α,β-unsaturated/α-hetero) is 1. The highest BCUT2D eigenvalue weighted by Gasteiger charge is 2.07. The number of nitrogens with zero attached hydrogens (tertiary/aromatic N) is 3. The van der Waals surface area contributed by atoms with Gasteiger partial charge in [-0.25, -0.2) is 4.98 Å². The Morgan fingerprint density at radius 2 is 2.36 bits per heavy atom. The Labute approximate surface area is 79.8 Å². The van der Waals surface area contributed by atoms with Crippen LogP contribution in [0.1, 0.15) is 12.7 Å². The number of hydrogen-bond donors (Lipinski definition) is 2. The van der Waals surface area contributed by atoms with Crippen molar-refractivity contribution in [3.05, 3.63) is 18.1 Å². The van der Waals surface area contributed by atoms with E-state index < -0.39 is 0 Å².